The van der Waals surface area contributed by atoms with Crippen LogP contribution in [0, 0.1) is 0 Å². The highest BCUT2D eigenvalue weighted by molar-refractivity contribution is 6.44. The summed E-state index contributed by atoms with van der Waals surface area (Å²) >= 11 is 0. The van der Waals surface area contributed by atoms with Gasteiger partial charge in [-0.2, -0.15) is 0 Å². The van der Waals surface area contributed by atoms with Crippen LogP contribution in [0.4, 0.5) is 0 Å². The van der Waals surface area contributed by atoms with E-state index in [1.54, 1.807) is 0 Å². The molecule has 1 aliphatic heterocycles. The van der Waals surface area contributed by atoms with Crippen molar-refractivity contribution in [3.63, 3.8) is 0 Å². The zero-order chi connectivity index (χ0) is 11.1. The summed E-state index contributed by atoms with van der Waals surface area (Å²) in [5.41, 5.74) is 5.69. The molecule has 0 spiro atoms. The first-order chi connectivity index (χ1) is 7.22. The largest absolute Gasteiger partial charge is 0.397 e. The molecule has 3 atom stereocenters. The Labute approximate surface area is 94.4 Å². The Morgan fingerprint density at radius 1 is 1.53 bits per heavy atom. The lowest BCUT2D eigenvalue weighted by Crippen LogP contribution is -2.45. The van der Waals surface area contributed by atoms with Crippen molar-refractivity contribution < 1.29 is 8.85 Å². The van der Waals surface area contributed by atoms with Gasteiger partial charge in [0, 0.05) is 12.6 Å². The number of rotatable bonds is 6. The van der Waals surface area contributed by atoms with Gasteiger partial charge in [0.05, 0.1) is 12.8 Å². The molecule has 1 fully saturated rings. The molecule has 0 amide bonds. The van der Waals surface area contributed by atoms with Gasteiger partial charge in [-0.25, -0.2) is 0 Å². The first-order valence-corrected chi connectivity index (χ1v) is 7.73. The minimum absolute atomic E-state index is 0.0347. The SMILES string of the molecule is CCC(CO[SiH]1CCCCO1)NC(C)N. The van der Waals surface area contributed by atoms with E-state index >= 15 is 0 Å². The highest BCUT2D eigenvalue weighted by atomic mass is 28.3. The van der Waals surface area contributed by atoms with Crippen LogP contribution < -0.4 is 11.1 Å². The van der Waals surface area contributed by atoms with E-state index in [-0.39, 0.29) is 6.17 Å². The van der Waals surface area contributed by atoms with Gasteiger partial charge in [0.15, 0.2) is 0 Å². The number of nitrogens with two attached hydrogens (primary N) is 1. The number of hydrogen-bond acceptors (Lipinski definition) is 4. The summed E-state index contributed by atoms with van der Waals surface area (Å²) in [5, 5.41) is 3.29. The minimum Gasteiger partial charge on any atom is -0.397 e. The highest BCUT2D eigenvalue weighted by Crippen LogP contribution is 2.12. The third kappa shape index (κ3) is 5.63. The summed E-state index contributed by atoms with van der Waals surface area (Å²) in [5.74, 6) is 0. The van der Waals surface area contributed by atoms with Crippen molar-refractivity contribution in [2.24, 2.45) is 5.73 Å². The van der Waals surface area contributed by atoms with Crippen molar-refractivity contribution in [3.8, 4) is 0 Å². The van der Waals surface area contributed by atoms with Crippen LogP contribution in [0.15, 0.2) is 0 Å². The molecular weight excluding hydrogens is 208 g/mol. The fourth-order valence-corrected chi connectivity index (χ4v) is 3.65. The van der Waals surface area contributed by atoms with Crippen LogP contribution in [0.2, 0.25) is 6.04 Å². The molecule has 1 rings (SSSR count). The molecule has 0 saturated carbocycles. The molecule has 3 unspecified atom stereocenters. The zero-order valence-corrected chi connectivity index (χ0v) is 11.0. The monoisotopic (exact) mass is 232 g/mol. The average molecular weight is 232 g/mol. The lowest BCUT2D eigenvalue weighted by atomic mass is 10.2. The second-order valence-corrected chi connectivity index (χ2v) is 6.29. The molecule has 0 aromatic heterocycles. The molecule has 0 bridgehead atoms. The Kier molecular flexibility index (Phi) is 6.43. The van der Waals surface area contributed by atoms with Gasteiger partial charge < -0.3 is 14.6 Å². The fourth-order valence-electron chi connectivity index (χ4n) is 1.72. The lowest BCUT2D eigenvalue weighted by Gasteiger charge is -2.25. The second kappa shape index (κ2) is 7.35. The van der Waals surface area contributed by atoms with Crippen LogP contribution in [-0.2, 0) is 8.85 Å². The van der Waals surface area contributed by atoms with E-state index in [1.807, 2.05) is 6.92 Å². The molecule has 90 valence electrons. The van der Waals surface area contributed by atoms with Gasteiger partial charge in [-0.1, -0.05) is 6.92 Å². The first-order valence-electron chi connectivity index (χ1n) is 5.97. The van der Waals surface area contributed by atoms with Gasteiger partial charge in [-0.3, -0.25) is 5.32 Å². The van der Waals surface area contributed by atoms with Gasteiger partial charge in [0.25, 0.3) is 0 Å². The van der Waals surface area contributed by atoms with Gasteiger partial charge in [0.2, 0.25) is 0 Å². The standard InChI is InChI=1S/C10H24N2O2Si/c1-3-10(12-9(2)11)8-14-15-7-5-4-6-13-15/h9-10,12,15H,3-8,11H2,1-2H3. The Hall–Kier alpha value is 0.0569. The summed E-state index contributed by atoms with van der Waals surface area (Å²) in [6.07, 6.45) is 3.55. The van der Waals surface area contributed by atoms with Gasteiger partial charge >= 0.3 is 9.28 Å². The third-order valence-corrected chi connectivity index (χ3v) is 4.66. The predicted octanol–water partition coefficient (Wildman–Crippen LogP) is 0.707. The van der Waals surface area contributed by atoms with Crippen molar-refractivity contribution in [1.82, 2.24) is 5.32 Å². The third-order valence-electron chi connectivity index (χ3n) is 2.61. The maximum Gasteiger partial charge on any atom is 0.321 e. The Morgan fingerprint density at radius 2 is 2.33 bits per heavy atom. The molecule has 15 heavy (non-hydrogen) atoms. The van der Waals surface area contributed by atoms with Crippen molar-refractivity contribution in [1.29, 1.82) is 0 Å². The Balaban J connectivity index is 2.14. The van der Waals surface area contributed by atoms with Gasteiger partial charge in [-0.15, -0.1) is 0 Å². The Morgan fingerprint density at radius 3 is 2.87 bits per heavy atom. The lowest BCUT2D eigenvalue weighted by molar-refractivity contribution is 0.158. The molecule has 0 aromatic carbocycles. The van der Waals surface area contributed by atoms with Crippen LogP contribution in [0.25, 0.3) is 0 Å². The predicted molar refractivity (Wildman–Crippen MR) is 64.0 cm³/mol. The molecule has 0 aromatic rings. The van der Waals surface area contributed by atoms with Crippen LogP contribution in [0.3, 0.4) is 0 Å². The zero-order valence-electron chi connectivity index (χ0n) is 9.87. The molecule has 1 heterocycles. The summed E-state index contributed by atoms with van der Waals surface area (Å²) in [7, 11) is -1.32. The summed E-state index contributed by atoms with van der Waals surface area (Å²) in [4.78, 5) is 0. The van der Waals surface area contributed by atoms with Crippen LogP contribution in [0.1, 0.15) is 33.1 Å². The molecule has 4 nitrogen and oxygen atoms in total. The summed E-state index contributed by atoms with van der Waals surface area (Å²) in [6.45, 7) is 5.74. The van der Waals surface area contributed by atoms with E-state index in [4.69, 9.17) is 14.6 Å². The van der Waals surface area contributed by atoms with E-state index in [0.717, 1.165) is 25.7 Å². The van der Waals surface area contributed by atoms with Crippen molar-refractivity contribution in [3.05, 3.63) is 0 Å². The molecule has 1 saturated heterocycles. The normalized spacial score (nSPS) is 26.2. The Bertz CT molecular complexity index is 164. The van der Waals surface area contributed by atoms with Crippen LogP contribution >= 0.6 is 0 Å². The maximum atomic E-state index is 5.84. The van der Waals surface area contributed by atoms with E-state index < -0.39 is 9.28 Å². The van der Waals surface area contributed by atoms with Crippen molar-refractivity contribution >= 4 is 9.28 Å². The molecule has 5 heteroatoms. The van der Waals surface area contributed by atoms with Crippen LogP contribution in [-0.4, -0.2) is 34.7 Å². The number of hydrogen-bond donors (Lipinski definition) is 2. The molecule has 3 N–H and O–H groups in total. The fraction of sp³-hybridized carbons (Fsp3) is 1.00. The van der Waals surface area contributed by atoms with E-state index in [0.29, 0.717) is 6.04 Å². The van der Waals surface area contributed by atoms with Crippen molar-refractivity contribution in [2.45, 2.75) is 51.4 Å². The average Bonchev–Trinajstić information content (AvgIpc) is 2.25. The van der Waals surface area contributed by atoms with Gasteiger partial charge in [0.1, 0.15) is 0 Å². The van der Waals surface area contributed by atoms with Crippen LogP contribution in [0.5, 0.6) is 0 Å². The maximum absolute atomic E-state index is 5.84. The van der Waals surface area contributed by atoms with E-state index in [1.165, 1.54) is 12.8 Å². The molecule has 0 aliphatic carbocycles. The summed E-state index contributed by atoms with van der Waals surface area (Å²) in [6, 6.07) is 1.53. The number of nitrogens with one attached hydrogen (secondary N) is 1. The van der Waals surface area contributed by atoms with E-state index in [2.05, 4.69) is 12.2 Å². The van der Waals surface area contributed by atoms with E-state index in [9.17, 15) is 0 Å². The molecule has 0 radical (unpaired) electrons. The van der Waals surface area contributed by atoms with Crippen molar-refractivity contribution in [2.75, 3.05) is 13.2 Å². The quantitative estimate of drug-likeness (QED) is 0.523. The van der Waals surface area contributed by atoms with Gasteiger partial charge in [-0.05, 0) is 32.2 Å². The highest BCUT2D eigenvalue weighted by Gasteiger charge is 2.19. The molecular formula is C10H24N2O2Si. The first kappa shape index (κ1) is 13.1. The topological polar surface area (TPSA) is 56.5 Å². The molecule has 1 aliphatic rings. The summed E-state index contributed by atoms with van der Waals surface area (Å²) < 4.78 is 11.5. The minimum atomic E-state index is -1.32. The smallest absolute Gasteiger partial charge is 0.321 e. The second-order valence-electron chi connectivity index (χ2n) is 4.19.